The van der Waals surface area contributed by atoms with Gasteiger partial charge in [-0.15, -0.1) is 13.2 Å². The van der Waals surface area contributed by atoms with E-state index in [2.05, 4.69) is 4.74 Å². The van der Waals surface area contributed by atoms with Crippen LogP contribution in [0.3, 0.4) is 0 Å². The summed E-state index contributed by atoms with van der Waals surface area (Å²) < 4.78 is 76.0. The summed E-state index contributed by atoms with van der Waals surface area (Å²) >= 11 is 4.91. The van der Waals surface area contributed by atoms with E-state index in [0.29, 0.717) is 12.1 Å². The van der Waals surface area contributed by atoms with Crippen molar-refractivity contribution in [3.8, 4) is 5.75 Å². The second-order valence-corrected chi connectivity index (χ2v) is 3.37. The van der Waals surface area contributed by atoms with Crippen LogP contribution in [0.2, 0.25) is 0 Å². The van der Waals surface area contributed by atoms with Crippen LogP contribution < -0.4 is 4.74 Å². The second-order valence-electron chi connectivity index (χ2n) is 3.03. The number of carbonyl (C=O) groups excluding carboxylic acids is 1. The Balaban J connectivity index is 3.26. The Morgan fingerprint density at radius 2 is 1.67 bits per heavy atom. The largest absolute Gasteiger partial charge is 0.573 e. The molecule has 0 saturated carbocycles. The van der Waals surface area contributed by atoms with Crippen LogP contribution in [0.4, 0.5) is 26.3 Å². The highest BCUT2D eigenvalue weighted by Crippen LogP contribution is 2.34. The average molecular weight is 293 g/mol. The zero-order valence-corrected chi connectivity index (χ0v) is 8.95. The smallest absolute Gasteiger partial charge is 0.405 e. The van der Waals surface area contributed by atoms with Crippen molar-refractivity contribution in [1.82, 2.24) is 0 Å². The quantitative estimate of drug-likeness (QED) is 0.609. The van der Waals surface area contributed by atoms with Crippen LogP contribution in [-0.2, 0) is 6.18 Å². The Labute approximate surface area is 101 Å². The fraction of sp³-hybridized carbons (Fsp3) is 0.222. The van der Waals surface area contributed by atoms with E-state index in [1.807, 2.05) is 0 Å². The molecule has 1 aromatic carbocycles. The number of rotatable bonds is 2. The van der Waals surface area contributed by atoms with Crippen LogP contribution in [0.15, 0.2) is 18.2 Å². The molecule has 0 atom stereocenters. The molecular weight excluding hydrogens is 290 g/mol. The van der Waals surface area contributed by atoms with E-state index < -0.39 is 34.7 Å². The molecule has 0 heterocycles. The minimum absolute atomic E-state index is 0.191. The Kier molecular flexibility index (Phi) is 3.80. The fourth-order valence-electron chi connectivity index (χ4n) is 1.07. The first-order valence-electron chi connectivity index (χ1n) is 4.17. The van der Waals surface area contributed by atoms with Crippen LogP contribution in [0.5, 0.6) is 5.75 Å². The lowest BCUT2D eigenvalue weighted by Gasteiger charge is -2.13. The van der Waals surface area contributed by atoms with Crippen LogP contribution in [0.25, 0.3) is 0 Å². The van der Waals surface area contributed by atoms with Crippen molar-refractivity contribution in [1.29, 1.82) is 0 Å². The molecule has 1 rings (SSSR count). The molecule has 0 spiro atoms. The van der Waals surface area contributed by atoms with Gasteiger partial charge in [0, 0.05) is 0 Å². The van der Waals surface area contributed by atoms with E-state index in [4.69, 9.17) is 11.6 Å². The molecule has 9 heteroatoms. The maximum atomic E-state index is 12.3. The molecule has 0 aliphatic carbocycles. The van der Waals surface area contributed by atoms with Crippen molar-refractivity contribution in [2.45, 2.75) is 12.5 Å². The Morgan fingerprint density at radius 3 is 2.06 bits per heavy atom. The van der Waals surface area contributed by atoms with Crippen molar-refractivity contribution in [2.75, 3.05) is 0 Å². The highest BCUT2D eigenvalue weighted by molar-refractivity contribution is 6.68. The van der Waals surface area contributed by atoms with Crippen LogP contribution in [-0.4, -0.2) is 11.6 Å². The highest BCUT2D eigenvalue weighted by atomic mass is 35.5. The van der Waals surface area contributed by atoms with Crippen LogP contribution >= 0.6 is 11.6 Å². The summed E-state index contributed by atoms with van der Waals surface area (Å²) in [6, 6.07) is 0.923. The van der Waals surface area contributed by atoms with Gasteiger partial charge in [-0.25, -0.2) is 0 Å². The van der Waals surface area contributed by atoms with Gasteiger partial charge in [-0.3, -0.25) is 4.79 Å². The van der Waals surface area contributed by atoms with Gasteiger partial charge in [-0.05, 0) is 29.8 Å². The lowest BCUT2D eigenvalue weighted by molar-refractivity contribution is -0.274. The Bertz CT molecular complexity index is 465. The summed E-state index contributed by atoms with van der Waals surface area (Å²) in [7, 11) is 0. The Morgan fingerprint density at radius 1 is 1.11 bits per heavy atom. The van der Waals surface area contributed by atoms with E-state index in [1.54, 1.807) is 0 Å². The second kappa shape index (κ2) is 4.68. The first-order valence-corrected chi connectivity index (χ1v) is 4.55. The summed E-state index contributed by atoms with van der Waals surface area (Å²) in [5.41, 5.74) is -2.31. The molecule has 0 N–H and O–H groups in total. The minimum atomic E-state index is -5.14. The molecule has 0 aromatic heterocycles. The third-order valence-electron chi connectivity index (χ3n) is 1.74. The molecule has 100 valence electrons. The standard InChI is InChI=1S/C9H3ClF6O2/c10-7(17)5-3-4(8(11,12)13)1-2-6(5)18-9(14,15)16/h1-3H. The lowest BCUT2D eigenvalue weighted by Crippen LogP contribution is -2.19. The lowest BCUT2D eigenvalue weighted by atomic mass is 10.1. The summed E-state index contributed by atoms with van der Waals surface area (Å²) in [6.07, 6.45) is -9.95. The van der Waals surface area contributed by atoms with Gasteiger partial charge in [0.2, 0.25) is 0 Å². The van der Waals surface area contributed by atoms with Crippen molar-refractivity contribution in [3.63, 3.8) is 0 Å². The average Bonchev–Trinajstić information content (AvgIpc) is 2.13. The number of halogens is 7. The van der Waals surface area contributed by atoms with Crippen LogP contribution in [0, 0.1) is 0 Å². The topological polar surface area (TPSA) is 26.3 Å². The molecule has 2 nitrogen and oxygen atoms in total. The molecular formula is C9H3ClF6O2. The zero-order valence-electron chi connectivity index (χ0n) is 8.19. The molecule has 0 fully saturated rings. The SMILES string of the molecule is O=C(Cl)c1cc(C(F)(F)F)ccc1OC(F)(F)F. The number of hydrogen-bond acceptors (Lipinski definition) is 2. The van der Waals surface area contributed by atoms with Gasteiger partial charge in [-0.1, -0.05) is 0 Å². The highest BCUT2D eigenvalue weighted by Gasteiger charge is 2.35. The fourth-order valence-corrected chi connectivity index (χ4v) is 1.22. The first-order chi connectivity index (χ1) is 8.00. The number of carbonyl (C=O) groups is 1. The van der Waals surface area contributed by atoms with Gasteiger partial charge in [0.1, 0.15) is 5.75 Å². The van der Waals surface area contributed by atoms with E-state index in [0.717, 1.165) is 0 Å². The number of ether oxygens (including phenoxy) is 1. The van der Waals surface area contributed by atoms with Crippen molar-refractivity contribution in [2.24, 2.45) is 0 Å². The Hall–Kier alpha value is -1.44. The van der Waals surface area contributed by atoms with Gasteiger partial charge >= 0.3 is 12.5 Å². The van der Waals surface area contributed by atoms with E-state index in [9.17, 15) is 31.1 Å². The monoisotopic (exact) mass is 292 g/mol. The summed E-state index contributed by atoms with van der Waals surface area (Å²) in [4.78, 5) is 10.8. The molecule has 0 unspecified atom stereocenters. The number of hydrogen-bond donors (Lipinski definition) is 0. The molecule has 1 aromatic rings. The molecule has 0 saturated heterocycles. The molecule has 0 bridgehead atoms. The third kappa shape index (κ3) is 3.80. The van der Waals surface area contributed by atoms with Gasteiger partial charge in [-0.2, -0.15) is 13.2 Å². The maximum Gasteiger partial charge on any atom is 0.573 e. The van der Waals surface area contributed by atoms with E-state index in [-0.39, 0.29) is 6.07 Å². The predicted molar refractivity (Wildman–Crippen MR) is 48.3 cm³/mol. The predicted octanol–water partition coefficient (Wildman–Crippen LogP) is 3.98. The van der Waals surface area contributed by atoms with Crippen molar-refractivity contribution >= 4 is 16.8 Å². The summed E-state index contributed by atoms with van der Waals surface area (Å²) in [6.45, 7) is 0. The van der Waals surface area contributed by atoms with Crippen LogP contribution in [0.1, 0.15) is 15.9 Å². The first kappa shape index (κ1) is 14.6. The van der Waals surface area contributed by atoms with Gasteiger partial charge in [0.25, 0.3) is 5.24 Å². The van der Waals surface area contributed by atoms with Crippen molar-refractivity contribution < 1.29 is 35.9 Å². The van der Waals surface area contributed by atoms with Gasteiger partial charge < -0.3 is 4.74 Å². The normalized spacial score (nSPS) is 12.4. The van der Waals surface area contributed by atoms with E-state index in [1.165, 1.54) is 0 Å². The molecule has 0 amide bonds. The third-order valence-corrected chi connectivity index (χ3v) is 1.95. The number of benzene rings is 1. The van der Waals surface area contributed by atoms with Gasteiger partial charge in [0.15, 0.2) is 0 Å². The molecule has 0 radical (unpaired) electrons. The van der Waals surface area contributed by atoms with Crippen molar-refractivity contribution in [3.05, 3.63) is 29.3 Å². The molecule has 18 heavy (non-hydrogen) atoms. The number of alkyl halides is 6. The summed E-state index contributed by atoms with van der Waals surface area (Å²) in [5, 5.41) is -1.49. The zero-order chi connectivity index (χ0) is 14.1. The van der Waals surface area contributed by atoms with E-state index >= 15 is 0 Å². The van der Waals surface area contributed by atoms with Gasteiger partial charge in [0.05, 0.1) is 11.1 Å². The summed E-state index contributed by atoms with van der Waals surface area (Å²) in [5.74, 6) is -1.09. The molecule has 0 aliphatic rings. The molecule has 0 aliphatic heterocycles. The minimum Gasteiger partial charge on any atom is -0.405 e. The maximum absolute atomic E-state index is 12.3.